The number of nitrogens with zero attached hydrogens (tertiary/aromatic N) is 2. The van der Waals surface area contributed by atoms with E-state index in [1.165, 1.54) is 12.1 Å². The van der Waals surface area contributed by atoms with Crippen molar-refractivity contribution in [2.24, 2.45) is 5.92 Å². The fourth-order valence-electron chi connectivity index (χ4n) is 2.68. The molecule has 3 unspecified atom stereocenters. The number of nitrogens with one attached hydrogen (secondary N) is 1. The lowest BCUT2D eigenvalue weighted by atomic mass is 9.95. The van der Waals surface area contributed by atoms with Crippen molar-refractivity contribution in [2.75, 3.05) is 19.8 Å². The quantitative estimate of drug-likeness (QED) is 0.823. The molecule has 0 amide bonds. The first kappa shape index (κ1) is 14.5. The van der Waals surface area contributed by atoms with Crippen LogP contribution >= 0.6 is 0 Å². The van der Waals surface area contributed by atoms with Crippen molar-refractivity contribution in [3.8, 4) is 0 Å². The number of ether oxygens (including phenoxy) is 1. The number of aromatic nitrogens is 2. The first-order chi connectivity index (χ1) is 9.24. The average Bonchev–Trinajstić information content (AvgIpc) is 3.08. The summed E-state index contributed by atoms with van der Waals surface area (Å²) in [6, 6.07) is 3.14. The predicted octanol–water partition coefficient (Wildman–Crippen LogP) is 2.41. The molecule has 1 aromatic rings. The van der Waals surface area contributed by atoms with Crippen molar-refractivity contribution in [1.82, 2.24) is 15.1 Å². The second-order valence-electron chi connectivity index (χ2n) is 5.54. The van der Waals surface area contributed by atoms with E-state index in [2.05, 4.69) is 43.0 Å². The summed E-state index contributed by atoms with van der Waals surface area (Å²) in [5.74, 6) is 0.633. The van der Waals surface area contributed by atoms with Gasteiger partial charge < -0.3 is 10.1 Å². The maximum absolute atomic E-state index is 5.52. The van der Waals surface area contributed by atoms with Crippen LogP contribution in [0.3, 0.4) is 0 Å². The Labute approximate surface area is 116 Å². The number of hydrogen-bond donors (Lipinski definition) is 1. The lowest BCUT2D eigenvalue weighted by Gasteiger charge is -2.22. The zero-order valence-corrected chi connectivity index (χ0v) is 12.4. The second kappa shape index (κ2) is 7.06. The van der Waals surface area contributed by atoms with Crippen LogP contribution in [-0.4, -0.2) is 35.6 Å². The molecule has 108 valence electrons. The molecule has 2 rings (SSSR count). The van der Waals surface area contributed by atoms with E-state index in [0.29, 0.717) is 18.0 Å². The van der Waals surface area contributed by atoms with Gasteiger partial charge in [-0.05, 0) is 32.4 Å². The molecule has 0 aliphatic carbocycles. The van der Waals surface area contributed by atoms with Gasteiger partial charge in [0, 0.05) is 37.2 Å². The van der Waals surface area contributed by atoms with Crippen LogP contribution in [0, 0.1) is 5.92 Å². The van der Waals surface area contributed by atoms with E-state index in [1.807, 2.05) is 0 Å². The first-order valence-electron chi connectivity index (χ1n) is 7.59. The summed E-state index contributed by atoms with van der Waals surface area (Å²) >= 11 is 0. The van der Waals surface area contributed by atoms with Gasteiger partial charge >= 0.3 is 0 Å². The fourth-order valence-corrected chi connectivity index (χ4v) is 2.68. The van der Waals surface area contributed by atoms with Gasteiger partial charge in [-0.1, -0.05) is 13.8 Å². The van der Waals surface area contributed by atoms with Gasteiger partial charge in [0.1, 0.15) is 0 Å². The van der Waals surface area contributed by atoms with E-state index in [-0.39, 0.29) is 0 Å². The summed E-state index contributed by atoms with van der Waals surface area (Å²) in [6.45, 7) is 9.39. The molecule has 1 aromatic heterocycles. The number of hydrogen-bond acceptors (Lipinski definition) is 3. The molecule has 0 bridgehead atoms. The van der Waals surface area contributed by atoms with Crippen LogP contribution < -0.4 is 5.32 Å². The molecule has 3 atom stereocenters. The third-order valence-electron chi connectivity index (χ3n) is 4.14. The Morgan fingerprint density at radius 1 is 1.53 bits per heavy atom. The van der Waals surface area contributed by atoms with E-state index in [9.17, 15) is 0 Å². The van der Waals surface area contributed by atoms with Crippen LogP contribution in [0.4, 0.5) is 0 Å². The summed E-state index contributed by atoms with van der Waals surface area (Å²) < 4.78 is 7.60. The molecule has 0 radical (unpaired) electrons. The minimum absolute atomic E-state index is 0.487. The first-order valence-corrected chi connectivity index (χ1v) is 7.59. The highest BCUT2D eigenvalue weighted by atomic mass is 16.5. The van der Waals surface area contributed by atoms with Crippen molar-refractivity contribution >= 4 is 0 Å². The molecule has 1 aliphatic rings. The lowest BCUT2D eigenvalue weighted by Crippen LogP contribution is -2.38. The zero-order valence-electron chi connectivity index (χ0n) is 12.4. The van der Waals surface area contributed by atoms with Gasteiger partial charge in [0.05, 0.1) is 12.3 Å². The van der Waals surface area contributed by atoms with Crippen LogP contribution in [0.1, 0.15) is 45.3 Å². The van der Waals surface area contributed by atoms with Gasteiger partial charge in [-0.15, -0.1) is 0 Å². The van der Waals surface area contributed by atoms with Crippen LogP contribution in [0.15, 0.2) is 12.3 Å². The summed E-state index contributed by atoms with van der Waals surface area (Å²) in [7, 11) is 0. The molecule has 4 nitrogen and oxygen atoms in total. The molecule has 0 saturated carbocycles. The monoisotopic (exact) mass is 265 g/mol. The molecule has 1 aliphatic heterocycles. The largest absolute Gasteiger partial charge is 0.381 e. The van der Waals surface area contributed by atoms with Crippen molar-refractivity contribution in [3.63, 3.8) is 0 Å². The molecule has 2 heterocycles. The van der Waals surface area contributed by atoms with E-state index < -0.39 is 0 Å². The topological polar surface area (TPSA) is 39.1 Å². The minimum atomic E-state index is 0.487. The lowest BCUT2D eigenvalue weighted by molar-refractivity contribution is 0.176. The Balaban J connectivity index is 1.97. The van der Waals surface area contributed by atoms with E-state index >= 15 is 0 Å². The SMILES string of the molecule is CCNC(Cc1ccn(C(C)CC)n1)C1CCOC1. The third-order valence-corrected chi connectivity index (χ3v) is 4.14. The van der Waals surface area contributed by atoms with Crippen molar-refractivity contribution in [1.29, 1.82) is 0 Å². The van der Waals surface area contributed by atoms with E-state index in [4.69, 9.17) is 9.84 Å². The molecular weight excluding hydrogens is 238 g/mol. The van der Waals surface area contributed by atoms with E-state index in [1.54, 1.807) is 0 Å². The maximum atomic E-state index is 5.52. The minimum Gasteiger partial charge on any atom is -0.381 e. The number of likely N-dealkylation sites (N-methyl/N-ethyl adjacent to an activating group) is 1. The maximum Gasteiger partial charge on any atom is 0.0640 e. The molecule has 0 spiro atoms. The Hall–Kier alpha value is -0.870. The van der Waals surface area contributed by atoms with Gasteiger partial charge in [0.2, 0.25) is 0 Å². The Morgan fingerprint density at radius 3 is 3.00 bits per heavy atom. The third kappa shape index (κ3) is 3.80. The summed E-state index contributed by atoms with van der Waals surface area (Å²) in [5.41, 5.74) is 1.19. The summed E-state index contributed by atoms with van der Waals surface area (Å²) in [4.78, 5) is 0. The normalized spacial score (nSPS) is 22.6. The average molecular weight is 265 g/mol. The van der Waals surface area contributed by atoms with Crippen LogP contribution in [0.25, 0.3) is 0 Å². The molecule has 1 N–H and O–H groups in total. The van der Waals surface area contributed by atoms with Crippen molar-refractivity contribution in [2.45, 2.75) is 52.1 Å². The van der Waals surface area contributed by atoms with Gasteiger partial charge in [-0.2, -0.15) is 5.10 Å². The Morgan fingerprint density at radius 2 is 2.37 bits per heavy atom. The van der Waals surface area contributed by atoms with Crippen LogP contribution in [0.2, 0.25) is 0 Å². The summed E-state index contributed by atoms with van der Waals surface area (Å²) in [5, 5.41) is 8.31. The Bertz CT molecular complexity index is 371. The van der Waals surface area contributed by atoms with Gasteiger partial charge in [0.25, 0.3) is 0 Å². The molecule has 1 fully saturated rings. The van der Waals surface area contributed by atoms with Gasteiger partial charge in [0.15, 0.2) is 0 Å². The molecule has 19 heavy (non-hydrogen) atoms. The molecule has 0 aromatic carbocycles. The number of rotatable bonds is 7. The van der Waals surface area contributed by atoms with Crippen molar-refractivity contribution < 1.29 is 4.74 Å². The smallest absolute Gasteiger partial charge is 0.0640 e. The summed E-state index contributed by atoms with van der Waals surface area (Å²) in [6.07, 6.45) is 5.40. The second-order valence-corrected chi connectivity index (χ2v) is 5.54. The zero-order chi connectivity index (χ0) is 13.7. The van der Waals surface area contributed by atoms with Crippen molar-refractivity contribution in [3.05, 3.63) is 18.0 Å². The van der Waals surface area contributed by atoms with Gasteiger partial charge in [-0.25, -0.2) is 0 Å². The van der Waals surface area contributed by atoms with Crippen LogP contribution in [-0.2, 0) is 11.2 Å². The molecule has 1 saturated heterocycles. The van der Waals surface area contributed by atoms with Crippen LogP contribution in [0.5, 0.6) is 0 Å². The Kier molecular flexibility index (Phi) is 5.40. The van der Waals surface area contributed by atoms with E-state index in [0.717, 1.165) is 32.6 Å². The standard InChI is InChI=1S/C15H27N3O/c1-4-12(3)18-8-6-14(17-18)10-15(16-5-2)13-7-9-19-11-13/h6,8,12-13,15-16H,4-5,7,9-11H2,1-3H3. The molecule has 4 heteroatoms. The highest BCUT2D eigenvalue weighted by molar-refractivity contribution is 5.03. The fraction of sp³-hybridized carbons (Fsp3) is 0.800. The molecular formula is C15H27N3O. The highest BCUT2D eigenvalue weighted by Gasteiger charge is 2.25. The predicted molar refractivity (Wildman–Crippen MR) is 77.3 cm³/mol. The highest BCUT2D eigenvalue weighted by Crippen LogP contribution is 2.20. The van der Waals surface area contributed by atoms with Gasteiger partial charge in [-0.3, -0.25) is 4.68 Å².